The number of carbonyl (C=O) groups is 1. The largest absolute Gasteiger partial charge is 0.497 e. The summed E-state index contributed by atoms with van der Waals surface area (Å²) in [6.07, 6.45) is 1.82. The van der Waals surface area contributed by atoms with E-state index in [-0.39, 0.29) is 12.5 Å². The molecular formula is C21H26N2O5S. The molecule has 8 heteroatoms. The lowest BCUT2D eigenvalue weighted by atomic mass is 10.1. The Morgan fingerprint density at radius 1 is 1.24 bits per heavy atom. The molecule has 2 aromatic rings. The lowest BCUT2D eigenvalue weighted by molar-refractivity contribution is -0.127. The van der Waals surface area contributed by atoms with Gasteiger partial charge in [-0.2, -0.15) is 0 Å². The average molecular weight is 419 g/mol. The van der Waals surface area contributed by atoms with Crippen LogP contribution in [0.2, 0.25) is 0 Å². The van der Waals surface area contributed by atoms with Crippen LogP contribution in [0, 0.1) is 6.92 Å². The summed E-state index contributed by atoms with van der Waals surface area (Å²) in [7, 11) is -1.90. The Morgan fingerprint density at radius 2 is 1.97 bits per heavy atom. The molecule has 0 radical (unpaired) electrons. The molecule has 1 unspecified atom stereocenters. The summed E-state index contributed by atoms with van der Waals surface area (Å²) in [6.45, 7) is 2.31. The van der Waals surface area contributed by atoms with Gasteiger partial charge in [0.1, 0.15) is 11.5 Å². The SMILES string of the molecule is COc1ccc(CCCNC(=O)C2CN(S(C)(=O)=O)c3cc(C)ccc3O2)cc1. The molecule has 29 heavy (non-hydrogen) atoms. The van der Waals surface area contributed by atoms with Crippen LogP contribution in [0.4, 0.5) is 5.69 Å². The van der Waals surface area contributed by atoms with Crippen molar-refractivity contribution in [2.45, 2.75) is 25.9 Å². The minimum Gasteiger partial charge on any atom is -0.497 e. The van der Waals surface area contributed by atoms with Crippen molar-refractivity contribution in [2.24, 2.45) is 0 Å². The molecule has 1 aliphatic heterocycles. The van der Waals surface area contributed by atoms with Gasteiger partial charge in [0.2, 0.25) is 10.0 Å². The summed E-state index contributed by atoms with van der Waals surface area (Å²) in [5.74, 6) is 0.882. The molecule has 0 saturated carbocycles. The van der Waals surface area contributed by atoms with E-state index in [1.54, 1.807) is 19.2 Å². The van der Waals surface area contributed by atoms with Crippen LogP contribution in [-0.4, -0.2) is 46.9 Å². The molecule has 156 valence electrons. The fraction of sp³-hybridized carbons (Fsp3) is 0.381. The number of amides is 1. The molecule has 0 saturated heterocycles. The zero-order valence-electron chi connectivity index (χ0n) is 16.8. The van der Waals surface area contributed by atoms with E-state index in [0.717, 1.165) is 36.0 Å². The molecule has 1 N–H and O–H groups in total. The van der Waals surface area contributed by atoms with Crippen molar-refractivity contribution in [3.05, 3.63) is 53.6 Å². The van der Waals surface area contributed by atoms with Crippen LogP contribution in [-0.2, 0) is 21.2 Å². The maximum absolute atomic E-state index is 12.6. The van der Waals surface area contributed by atoms with Gasteiger partial charge in [-0.05, 0) is 55.2 Å². The van der Waals surface area contributed by atoms with E-state index in [0.29, 0.717) is 18.0 Å². The Balaban J connectivity index is 1.58. The number of hydrogen-bond acceptors (Lipinski definition) is 5. The smallest absolute Gasteiger partial charge is 0.263 e. The Hall–Kier alpha value is -2.74. The summed E-state index contributed by atoms with van der Waals surface area (Å²) < 4.78 is 36.6. The Kier molecular flexibility index (Phi) is 6.32. The van der Waals surface area contributed by atoms with Gasteiger partial charge < -0.3 is 14.8 Å². The molecule has 1 atom stereocenters. The molecule has 7 nitrogen and oxygen atoms in total. The Labute approximate surface area is 171 Å². The number of hydrogen-bond donors (Lipinski definition) is 1. The number of nitrogens with one attached hydrogen (secondary N) is 1. The van der Waals surface area contributed by atoms with Crippen LogP contribution in [0.25, 0.3) is 0 Å². The van der Waals surface area contributed by atoms with E-state index < -0.39 is 16.1 Å². The van der Waals surface area contributed by atoms with Crippen molar-refractivity contribution in [1.82, 2.24) is 5.32 Å². The van der Waals surface area contributed by atoms with Gasteiger partial charge in [-0.3, -0.25) is 9.10 Å². The first-order valence-electron chi connectivity index (χ1n) is 9.43. The van der Waals surface area contributed by atoms with E-state index in [4.69, 9.17) is 9.47 Å². The second kappa shape index (κ2) is 8.73. The first-order chi connectivity index (χ1) is 13.8. The number of fused-ring (bicyclic) bond motifs is 1. The van der Waals surface area contributed by atoms with E-state index in [2.05, 4.69) is 5.32 Å². The van der Waals surface area contributed by atoms with Crippen LogP contribution >= 0.6 is 0 Å². The monoisotopic (exact) mass is 418 g/mol. The second-order valence-corrected chi connectivity index (χ2v) is 9.02. The minimum atomic E-state index is -3.53. The summed E-state index contributed by atoms with van der Waals surface area (Å²) in [5, 5.41) is 2.85. The highest BCUT2D eigenvalue weighted by Gasteiger charge is 2.34. The topological polar surface area (TPSA) is 84.9 Å². The van der Waals surface area contributed by atoms with Crippen molar-refractivity contribution in [3.8, 4) is 11.5 Å². The van der Waals surface area contributed by atoms with Crippen molar-refractivity contribution >= 4 is 21.6 Å². The number of sulfonamides is 1. The number of ether oxygens (including phenoxy) is 2. The number of nitrogens with zero attached hydrogens (tertiary/aromatic N) is 1. The van der Waals surface area contributed by atoms with Crippen LogP contribution in [0.3, 0.4) is 0 Å². The molecule has 2 aromatic carbocycles. The number of benzene rings is 2. The molecule has 3 rings (SSSR count). The molecule has 1 heterocycles. The zero-order valence-corrected chi connectivity index (χ0v) is 17.7. The molecular weight excluding hydrogens is 392 g/mol. The summed E-state index contributed by atoms with van der Waals surface area (Å²) in [5.41, 5.74) is 2.54. The average Bonchev–Trinajstić information content (AvgIpc) is 2.70. The molecule has 0 spiro atoms. The van der Waals surface area contributed by atoms with Gasteiger partial charge in [0.05, 0.1) is 25.6 Å². The first-order valence-corrected chi connectivity index (χ1v) is 11.3. The number of anilines is 1. The van der Waals surface area contributed by atoms with Gasteiger partial charge in [0.15, 0.2) is 6.10 Å². The molecule has 1 aliphatic rings. The van der Waals surface area contributed by atoms with Crippen molar-refractivity contribution in [2.75, 3.05) is 30.8 Å². The quantitative estimate of drug-likeness (QED) is 0.698. The molecule has 0 bridgehead atoms. The first kappa shape index (κ1) is 21.0. The minimum absolute atomic E-state index is 0.0421. The highest BCUT2D eigenvalue weighted by Crippen LogP contribution is 2.35. The highest BCUT2D eigenvalue weighted by atomic mass is 32.2. The molecule has 0 aromatic heterocycles. The van der Waals surface area contributed by atoms with E-state index >= 15 is 0 Å². The summed E-state index contributed by atoms with van der Waals surface area (Å²) in [4.78, 5) is 12.6. The molecule has 1 amide bonds. The predicted molar refractivity (Wildman–Crippen MR) is 112 cm³/mol. The van der Waals surface area contributed by atoms with Gasteiger partial charge in [-0.1, -0.05) is 18.2 Å². The third kappa shape index (κ3) is 5.20. The van der Waals surface area contributed by atoms with Crippen LogP contribution in [0.1, 0.15) is 17.5 Å². The fourth-order valence-corrected chi connectivity index (χ4v) is 4.13. The fourth-order valence-electron chi connectivity index (χ4n) is 3.22. The number of rotatable bonds is 7. The maximum Gasteiger partial charge on any atom is 0.263 e. The third-order valence-electron chi connectivity index (χ3n) is 4.78. The van der Waals surface area contributed by atoms with Crippen LogP contribution in [0.5, 0.6) is 11.5 Å². The predicted octanol–water partition coefficient (Wildman–Crippen LogP) is 2.28. The lowest BCUT2D eigenvalue weighted by Crippen LogP contribution is -2.50. The van der Waals surface area contributed by atoms with Crippen molar-refractivity contribution < 1.29 is 22.7 Å². The maximum atomic E-state index is 12.6. The van der Waals surface area contributed by atoms with Crippen LogP contribution in [0.15, 0.2) is 42.5 Å². The number of methoxy groups -OCH3 is 1. The second-order valence-electron chi connectivity index (χ2n) is 7.11. The number of aryl methyl sites for hydroxylation is 2. The van der Waals surface area contributed by atoms with E-state index in [9.17, 15) is 13.2 Å². The van der Waals surface area contributed by atoms with Gasteiger partial charge in [0.25, 0.3) is 5.91 Å². The lowest BCUT2D eigenvalue weighted by Gasteiger charge is -2.34. The zero-order chi connectivity index (χ0) is 21.0. The van der Waals surface area contributed by atoms with E-state index in [1.807, 2.05) is 37.3 Å². The number of carbonyl (C=O) groups excluding carboxylic acids is 1. The molecule has 0 fully saturated rings. The standard InChI is InChI=1S/C21H26N2O5S/c1-15-6-11-19-18(13-15)23(29(3,25)26)14-20(28-19)21(24)22-12-4-5-16-7-9-17(27-2)10-8-16/h6-11,13,20H,4-5,12,14H2,1-3H3,(H,22,24). The van der Waals surface area contributed by atoms with Crippen LogP contribution < -0.4 is 19.1 Å². The van der Waals surface area contributed by atoms with Gasteiger partial charge >= 0.3 is 0 Å². The van der Waals surface area contributed by atoms with Gasteiger partial charge in [0, 0.05) is 6.54 Å². The van der Waals surface area contributed by atoms with Gasteiger partial charge in [-0.25, -0.2) is 8.42 Å². The van der Waals surface area contributed by atoms with Gasteiger partial charge in [-0.15, -0.1) is 0 Å². The Morgan fingerprint density at radius 3 is 2.62 bits per heavy atom. The third-order valence-corrected chi connectivity index (χ3v) is 5.92. The Bertz CT molecular complexity index is 973. The summed E-state index contributed by atoms with van der Waals surface area (Å²) in [6, 6.07) is 13.1. The van der Waals surface area contributed by atoms with E-state index in [1.165, 1.54) is 4.31 Å². The molecule has 0 aliphatic carbocycles. The highest BCUT2D eigenvalue weighted by molar-refractivity contribution is 7.92. The van der Waals surface area contributed by atoms with Crippen molar-refractivity contribution in [1.29, 1.82) is 0 Å². The summed E-state index contributed by atoms with van der Waals surface area (Å²) >= 11 is 0. The van der Waals surface area contributed by atoms with Crippen molar-refractivity contribution in [3.63, 3.8) is 0 Å². The normalized spacial score (nSPS) is 16.0.